The van der Waals surface area contributed by atoms with Crippen LogP contribution < -0.4 is 0 Å². The molecule has 0 aromatic heterocycles. The molecule has 0 N–H and O–H groups in total. The SMILES string of the molecule is COC1(c2ccccc2C)C(OC(=O)c2ccccc2)C(OC(=O)c2ccccc2)C(C)(OP)C2(C)C=CC=CC12. The van der Waals surface area contributed by atoms with E-state index in [-0.39, 0.29) is 5.92 Å². The van der Waals surface area contributed by atoms with E-state index < -0.39 is 40.8 Å². The molecule has 5 rings (SSSR count). The number of fused-ring (bicyclic) bond motifs is 1. The summed E-state index contributed by atoms with van der Waals surface area (Å²) in [6, 6.07) is 25.4. The normalized spacial score (nSPS) is 30.3. The van der Waals surface area contributed by atoms with Crippen molar-refractivity contribution < 1.29 is 28.3 Å². The number of hydrogen-bond acceptors (Lipinski definition) is 6. The summed E-state index contributed by atoms with van der Waals surface area (Å²) in [6.45, 7) is 5.95. The molecule has 1 fully saturated rings. The number of carbonyl (C=O) groups is 2. The van der Waals surface area contributed by atoms with E-state index in [1.165, 1.54) is 0 Å². The fourth-order valence-corrected chi connectivity index (χ4v) is 6.90. The number of carbonyl (C=O) groups excluding carboxylic acids is 2. The van der Waals surface area contributed by atoms with Gasteiger partial charge in [-0.05, 0) is 49.2 Å². The van der Waals surface area contributed by atoms with Gasteiger partial charge in [-0.25, -0.2) is 9.59 Å². The van der Waals surface area contributed by atoms with Gasteiger partial charge < -0.3 is 18.7 Å². The zero-order chi connectivity index (χ0) is 29.3. The van der Waals surface area contributed by atoms with E-state index in [0.717, 1.165) is 11.1 Å². The van der Waals surface area contributed by atoms with Crippen molar-refractivity contribution in [2.75, 3.05) is 7.11 Å². The highest BCUT2D eigenvalue weighted by atomic mass is 31.0. The fourth-order valence-electron chi connectivity index (χ4n) is 6.51. The van der Waals surface area contributed by atoms with E-state index in [1.54, 1.807) is 55.6 Å². The minimum absolute atomic E-state index is 0.372. The molecule has 2 aliphatic carbocycles. The third kappa shape index (κ3) is 4.64. The van der Waals surface area contributed by atoms with E-state index in [0.29, 0.717) is 11.1 Å². The average molecular weight is 571 g/mol. The van der Waals surface area contributed by atoms with Crippen LogP contribution in [0.2, 0.25) is 0 Å². The Morgan fingerprint density at radius 2 is 1.29 bits per heavy atom. The van der Waals surface area contributed by atoms with Crippen molar-refractivity contribution in [3.8, 4) is 0 Å². The first-order valence-electron chi connectivity index (χ1n) is 13.6. The van der Waals surface area contributed by atoms with Gasteiger partial charge in [-0.1, -0.05) is 91.9 Å². The first-order chi connectivity index (χ1) is 19.7. The van der Waals surface area contributed by atoms with Crippen LogP contribution in [0.15, 0.2) is 109 Å². The van der Waals surface area contributed by atoms with Crippen molar-refractivity contribution in [1.29, 1.82) is 0 Å². The van der Waals surface area contributed by atoms with Gasteiger partial charge in [0.25, 0.3) is 0 Å². The molecular formula is C34H35O6P. The molecule has 212 valence electrons. The van der Waals surface area contributed by atoms with Crippen molar-refractivity contribution >= 4 is 21.4 Å². The quantitative estimate of drug-likeness (QED) is 0.235. The molecule has 6 nitrogen and oxygen atoms in total. The molecule has 1 saturated carbocycles. The molecule has 0 bridgehead atoms. The molecule has 3 aromatic rings. The molecule has 0 heterocycles. The zero-order valence-electron chi connectivity index (χ0n) is 23.7. The Morgan fingerprint density at radius 1 is 0.756 bits per heavy atom. The van der Waals surface area contributed by atoms with E-state index in [4.69, 9.17) is 18.7 Å². The van der Waals surface area contributed by atoms with E-state index >= 15 is 0 Å². The number of hydrogen-bond donors (Lipinski definition) is 0. The van der Waals surface area contributed by atoms with E-state index in [9.17, 15) is 9.59 Å². The Labute approximate surface area is 243 Å². The summed E-state index contributed by atoms with van der Waals surface area (Å²) in [5.74, 6) is -1.50. The smallest absolute Gasteiger partial charge is 0.338 e. The van der Waals surface area contributed by atoms with Gasteiger partial charge in [-0.3, -0.25) is 0 Å². The molecule has 0 amide bonds. The van der Waals surface area contributed by atoms with Crippen LogP contribution in [0.1, 0.15) is 45.7 Å². The van der Waals surface area contributed by atoms with Crippen LogP contribution in [-0.2, 0) is 24.3 Å². The summed E-state index contributed by atoms with van der Waals surface area (Å²) in [4.78, 5) is 27.5. The average Bonchev–Trinajstić information content (AvgIpc) is 3.01. The first-order valence-corrected chi connectivity index (χ1v) is 14.1. The molecule has 0 saturated heterocycles. The van der Waals surface area contributed by atoms with Crippen LogP contribution in [0.4, 0.5) is 0 Å². The topological polar surface area (TPSA) is 71.1 Å². The van der Waals surface area contributed by atoms with Crippen LogP contribution in [0.5, 0.6) is 0 Å². The van der Waals surface area contributed by atoms with Crippen LogP contribution in [-0.4, -0.2) is 36.9 Å². The van der Waals surface area contributed by atoms with Crippen LogP contribution >= 0.6 is 9.47 Å². The molecule has 2 aliphatic rings. The third-order valence-electron chi connectivity index (χ3n) is 8.91. The highest BCUT2D eigenvalue weighted by molar-refractivity contribution is 7.09. The lowest BCUT2D eigenvalue weighted by Crippen LogP contribution is -2.74. The Kier molecular flexibility index (Phi) is 8.02. The van der Waals surface area contributed by atoms with Gasteiger partial charge in [-0.2, -0.15) is 0 Å². The fraction of sp³-hybridized carbons (Fsp3) is 0.294. The lowest BCUT2D eigenvalue weighted by atomic mass is 9.49. The standard InChI is InChI=1S/C34H35O6P/c1-23-15-11-12-20-26(23)34(37-4)27-21-13-14-22-32(27,2)33(3,40-41)28(38-30(35)24-16-7-5-8-17-24)29(34)39-31(36)25-18-9-6-10-19-25/h5-22,27-29H,41H2,1-4H3. The largest absolute Gasteiger partial charge is 0.452 e. The number of esters is 2. The zero-order valence-corrected chi connectivity index (χ0v) is 24.8. The summed E-state index contributed by atoms with van der Waals surface area (Å²) in [5, 5.41) is 0. The summed E-state index contributed by atoms with van der Waals surface area (Å²) >= 11 is 0. The van der Waals surface area contributed by atoms with Gasteiger partial charge in [0.15, 0.2) is 12.2 Å². The second-order valence-corrected chi connectivity index (χ2v) is 11.2. The van der Waals surface area contributed by atoms with E-state index in [1.807, 2.05) is 62.4 Å². The maximum atomic E-state index is 13.8. The molecule has 0 radical (unpaired) electrons. The number of ether oxygens (including phenoxy) is 3. The highest BCUT2D eigenvalue weighted by Gasteiger charge is 2.72. The predicted octanol–water partition coefficient (Wildman–Crippen LogP) is 6.62. The summed E-state index contributed by atoms with van der Waals surface area (Å²) < 4.78 is 25.6. The van der Waals surface area contributed by atoms with Crippen molar-refractivity contribution in [1.82, 2.24) is 0 Å². The Morgan fingerprint density at radius 3 is 1.83 bits per heavy atom. The third-order valence-corrected chi connectivity index (χ3v) is 9.40. The number of rotatable bonds is 7. The van der Waals surface area contributed by atoms with Gasteiger partial charge in [0.1, 0.15) is 11.2 Å². The van der Waals surface area contributed by atoms with Gasteiger partial charge in [0.05, 0.1) is 11.1 Å². The van der Waals surface area contributed by atoms with Crippen LogP contribution in [0.3, 0.4) is 0 Å². The Hall–Kier alpha value is -3.57. The molecule has 7 unspecified atom stereocenters. The molecule has 7 atom stereocenters. The number of allylic oxidation sites excluding steroid dienone is 2. The van der Waals surface area contributed by atoms with Crippen LogP contribution in [0.25, 0.3) is 0 Å². The van der Waals surface area contributed by atoms with Crippen molar-refractivity contribution in [2.45, 2.75) is 44.2 Å². The monoisotopic (exact) mass is 570 g/mol. The van der Waals surface area contributed by atoms with Gasteiger partial charge >= 0.3 is 11.9 Å². The van der Waals surface area contributed by atoms with Crippen molar-refractivity contribution in [3.05, 3.63) is 131 Å². The van der Waals surface area contributed by atoms with Gasteiger partial charge in [-0.15, -0.1) is 0 Å². The summed E-state index contributed by atoms with van der Waals surface area (Å²) in [5.41, 5.74) is -0.663. The highest BCUT2D eigenvalue weighted by Crippen LogP contribution is 2.63. The lowest BCUT2D eigenvalue weighted by Gasteiger charge is -2.64. The number of methoxy groups -OCH3 is 1. The second kappa shape index (κ2) is 11.4. The lowest BCUT2D eigenvalue weighted by molar-refractivity contribution is -0.276. The van der Waals surface area contributed by atoms with Gasteiger partial charge in [0, 0.05) is 27.9 Å². The second-order valence-electron chi connectivity index (χ2n) is 10.9. The summed E-state index contributed by atoms with van der Waals surface area (Å²) in [6.07, 6.45) is 5.87. The first kappa shape index (κ1) is 28.9. The van der Waals surface area contributed by atoms with Crippen LogP contribution in [0, 0.1) is 18.3 Å². The van der Waals surface area contributed by atoms with Crippen molar-refractivity contribution in [3.63, 3.8) is 0 Å². The van der Waals surface area contributed by atoms with E-state index in [2.05, 4.69) is 28.5 Å². The van der Waals surface area contributed by atoms with Crippen molar-refractivity contribution in [2.24, 2.45) is 11.3 Å². The molecule has 7 heteroatoms. The number of aryl methyl sites for hydroxylation is 1. The molecule has 41 heavy (non-hydrogen) atoms. The summed E-state index contributed by atoms with van der Waals surface area (Å²) in [7, 11) is 3.96. The predicted molar refractivity (Wildman–Crippen MR) is 160 cm³/mol. The minimum atomic E-state index is -1.25. The maximum Gasteiger partial charge on any atom is 0.338 e. The Bertz CT molecular complexity index is 1470. The minimum Gasteiger partial charge on any atom is -0.452 e. The molecule has 3 aromatic carbocycles. The molecular weight excluding hydrogens is 535 g/mol. The molecule has 0 aliphatic heterocycles. The number of benzene rings is 3. The molecule has 0 spiro atoms. The van der Waals surface area contributed by atoms with Gasteiger partial charge in [0.2, 0.25) is 0 Å². The Balaban J connectivity index is 1.77. The maximum absolute atomic E-state index is 13.8.